The van der Waals surface area contributed by atoms with Crippen LogP contribution in [0.3, 0.4) is 0 Å². The highest BCUT2D eigenvalue weighted by Crippen LogP contribution is 2.30. The van der Waals surface area contributed by atoms with Crippen molar-refractivity contribution in [3.63, 3.8) is 0 Å². The Labute approximate surface area is 98.3 Å². The summed E-state index contributed by atoms with van der Waals surface area (Å²) in [6.07, 6.45) is 0. The molecule has 1 N–H and O–H groups in total. The standard InChI is InChI=1S/C14H11NO2/c1-17-13-7-3-5-11-10(13)8-9-4-2-6-12(16)14(9)15-11/h2-8,16H,1H3. The van der Waals surface area contributed by atoms with Crippen molar-refractivity contribution >= 4 is 21.8 Å². The molecule has 0 fully saturated rings. The average Bonchev–Trinajstić information content (AvgIpc) is 2.36. The lowest BCUT2D eigenvalue weighted by molar-refractivity contribution is 0.420. The number of pyridine rings is 1. The third kappa shape index (κ3) is 1.47. The average molecular weight is 225 g/mol. The lowest BCUT2D eigenvalue weighted by atomic mass is 10.1. The number of nitrogens with zero attached hydrogens (tertiary/aromatic N) is 1. The topological polar surface area (TPSA) is 42.4 Å². The Morgan fingerprint density at radius 2 is 1.94 bits per heavy atom. The number of aromatic nitrogens is 1. The SMILES string of the molecule is COc1cccc2nc3c(O)cccc3cc12. The molecule has 3 heteroatoms. The first kappa shape index (κ1) is 9.90. The summed E-state index contributed by atoms with van der Waals surface area (Å²) in [6.45, 7) is 0. The number of phenolic OH excluding ortho intramolecular Hbond substituents is 1. The van der Waals surface area contributed by atoms with Gasteiger partial charge in [-0.3, -0.25) is 0 Å². The number of benzene rings is 2. The van der Waals surface area contributed by atoms with Gasteiger partial charge in [-0.15, -0.1) is 0 Å². The maximum Gasteiger partial charge on any atom is 0.141 e. The summed E-state index contributed by atoms with van der Waals surface area (Å²) < 4.78 is 5.30. The third-order valence-electron chi connectivity index (χ3n) is 2.84. The largest absolute Gasteiger partial charge is 0.506 e. The fraction of sp³-hybridized carbons (Fsp3) is 0.0714. The molecule has 0 saturated carbocycles. The van der Waals surface area contributed by atoms with E-state index < -0.39 is 0 Å². The monoisotopic (exact) mass is 225 g/mol. The summed E-state index contributed by atoms with van der Waals surface area (Å²) in [5.74, 6) is 0.993. The summed E-state index contributed by atoms with van der Waals surface area (Å²) in [5.41, 5.74) is 1.44. The molecule has 0 saturated heterocycles. The van der Waals surface area contributed by atoms with Gasteiger partial charge in [0.2, 0.25) is 0 Å². The van der Waals surface area contributed by atoms with Gasteiger partial charge in [-0.25, -0.2) is 4.98 Å². The molecule has 0 aliphatic rings. The fourth-order valence-electron chi connectivity index (χ4n) is 2.02. The highest BCUT2D eigenvalue weighted by Gasteiger charge is 2.06. The molecule has 0 radical (unpaired) electrons. The highest BCUT2D eigenvalue weighted by molar-refractivity contribution is 5.97. The normalized spacial score (nSPS) is 10.9. The van der Waals surface area contributed by atoms with E-state index in [0.717, 1.165) is 22.0 Å². The summed E-state index contributed by atoms with van der Waals surface area (Å²) in [5, 5.41) is 11.6. The Kier molecular flexibility index (Phi) is 2.11. The summed E-state index contributed by atoms with van der Waals surface area (Å²) >= 11 is 0. The predicted molar refractivity (Wildman–Crippen MR) is 67.5 cm³/mol. The first-order valence-corrected chi connectivity index (χ1v) is 5.35. The van der Waals surface area contributed by atoms with E-state index in [-0.39, 0.29) is 5.75 Å². The van der Waals surface area contributed by atoms with Crippen molar-refractivity contribution in [1.82, 2.24) is 4.98 Å². The lowest BCUT2D eigenvalue weighted by Crippen LogP contribution is -1.88. The van der Waals surface area contributed by atoms with E-state index >= 15 is 0 Å². The maximum absolute atomic E-state index is 9.76. The van der Waals surface area contributed by atoms with Crippen LogP contribution in [0.15, 0.2) is 42.5 Å². The van der Waals surface area contributed by atoms with Gasteiger partial charge in [0.05, 0.1) is 12.6 Å². The number of methoxy groups -OCH3 is 1. The summed E-state index contributed by atoms with van der Waals surface area (Å²) in [4.78, 5) is 4.46. The van der Waals surface area contributed by atoms with E-state index in [0.29, 0.717) is 5.52 Å². The second-order valence-electron chi connectivity index (χ2n) is 3.86. The van der Waals surface area contributed by atoms with Gasteiger partial charge in [-0.05, 0) is 24.3 Å². The van der Waals surface area contributed by atoms with Gasteiger partial charge in [0, 0.05) is 10.8 Å². The van der Waals surface area contributed by atoms with Crippen molar-refractivity contribution < 1.29 is 9.84 Å². The molecule has 2 aromatic carbocycles. The zero-order valence-corrected chi connectivity index (χ0v) is 9.34. The zero-order chi connectivity index (χ0) is 11.8. The molecule has 0 aliphatic carbocycles. The highest BCUT2D eigenvalue weighted by atomic mass is 16.5. The molecule has 0 amide bonds. The predicted octanol–water partition coefficient (Wildman–Crippen LogP) is 3.10. The molecule has 0 bridgehead atoms. The Balaban J connectivity index is 2.48. The molecule has 3 aromatic rings. The Morgan fingerprint density at radius 3 is 2.76 bits per heavy atom. The molecule has 1 aromatic heterocycles. The maximum atomic E-state index is 9.76. The van der Waals surface area contributed by atoms with Crippen molar-refractivity contribution in [3.05, 3.63) is 42.5 Å². The van der Waals surface area contributed by atoms with Crippen LogP contribution in [0.25, 0.3) is 21.8 Å². The number of aromatic hydroxyl groups is 1. The molecule has 17 heavy (non-hydrogen) atoms. The van der Waals surface area contributed by atoms with Crippen LogP contribution < -0.4 is 4.74 Å². The molecule has 0 spiro atoms. The van der Waals surface area contributed by atoms with Crippen LogP contribution in [0.2, 0.25) is 0 Å². The van der Waals surface area contributed by atoms with Gasteiger partial charge in [-0.1, -0.05) is 18.2 Å². The van der Waals surface area contributed by atoms with E-state index in [1.54, 1.807) is 19.2 Å². The van der Waals surface area contributed by atoms with Crippen LogP contribution in [0, 0.1) is 0 Å². The van der Waals surface area contributed by atoms with Crippen molar-refractivity contribution in [2.75, 3.05) is 7.11 Å². The molecule has 84 valence electrons. The number of ether oxygens (including phenoxy) is 1. The van der Waals surface area contributed by atoms with Crippen molar-refractivity contribution in [3.8, 4) is 11.5 Å². The van der Waals surface area contributed by atoms with Crippen LogP contribution >= 0.6 is 0 Å². The van der Waals surface area contributed by atoms with Crippen molar-refractivity contribution in [2.45, 2.75) is 0 Å². The quantitative estimate of drug-likeness (QED) is 0.647. The lowest BCUT2D eigenvalue weighted by Gasteiger charge is -2.07. The van der Waals surface area contributed by atoms with Gasteiger partial charge in [-0.2, -0.15) is 0 Å². The number of phenols is 1. The number of hydrogen-bond donors (Lipinski definition) is 1. The van der Waals surface area contributed by atoms with Crippen LogP contribution in [-0.4, -0.2) is 17.2 Å². The number of rotatable bonds is 1. The molecule has 0 aliphatic heterocycles. The number of fused-ring (bicyclic) bond motifs is 2. The first-order chi connectivity index (χ1) is 8.29. The molecule has 3 rings (SSSR count). The fourth-order valence-corrected chi connectivity index (χ4v) is 2.02. The molecular weight excluding hydrogens is 214 g/mol. The number of para-hydroxylation sites is 1. The van der Waals surface area contributed by atoms with Crippen LogP contribution in [0.1, 0.15) is 0 Å². The first-order valence-electron chi connectivity index (χ1n) is 5.35. The van der Waals surface area contributed by atoms with E-state index in [4.69, 9.17) is 4.74 Å². The van der Waals surface area contributed by atoms with E-state index in [1.165, 1.54) is 0 Å². The second kappa shape index (κ2) is 3.63. The van der Waals surface area contributed by atoms with Gasteiger partial charge in [0.1, 0.15) is 17.0 Å². The Morgan fingerprint density at radius 1 is 1.12 bits per heavy atom. The van der Waals surface area contributed by atoms with Crippen LogP contribution in [0.5, 0.6) is 11.5 Å². The molecule has 1 heterocycles. The van der Waals surface area contributed by atoms with Crippen molar-refractivity contribution in [2.24, 2.45) is 0 Å². The minimum Gasteiger partial charge on any atom is -0.506 e. The van der Waals surface area contributed by atoms with E-state index in [1.807, 2.05) is 30.3 Å². The third-order valence-corrected chi connectivity index (χ3v) is 2.84. The van der Waals surface area contributed by atoms with Gasteiger partial charge < -0.3 is 9.84 Å². The Hall–Kier alpha value is -2.29. The summed E-state index contributed by atoms with van der Waals surface area (Å²) in [6, 6.07) is 13.1. The van der Waals surface area contributed by atoms with Gasteiger partial charge in [0.25, 0.3) is 0 Å². The van der Waals surface area contributed by atoms with Crippen molar-refractivity contribution in [1.29, 1.82) is 0 Å². The van der Waals surface area contributed by atoms with E-state index in [9.17, 15) is 5.11 Å². The molecule has 3 nitrogen and oxygen atoms in total. The number of hydrogen-bond acceptors (Lipinski definition) is 3. The van der Waals surface area contributed by atoms with E-state index in [2.05, 4.69) is 4.98 Å². The Bertz CT molecular complexity index is 707. The minimum absolute atomic E-state index is 0.201. The molecular formula is C14H11NO2. The summed E-state index contributed by atoms with van der Waals surface area (Å²) in [7, 11) is 1.64. The zero-order valence-electron chi connectivity index (χ0n) is 9.34. The van der Waals surface area contributed by atoms with Gasteiger partial charge >= 0.3 is 0 Å². The smallest absolute Gasteiger partial charge is 0.141 e. The van der Waals surface area contributed by atoms with Crippen LogP contribution in [0.4, 0.5) is 0 Å². The minimum atomic E-state index is 0.201. The van der Waals surface area contributed by atoms with Crippen LogP contribution in [-0.2, 0) is 0 Å². The molecule has 0 unspecified atom stereocenters. The van der Waals surface area contributed by atoms with Gasteiger partial charge in [0.15, 0.2) is 0 Å². The second-order valence-corrected chi connectivity index (χ2v) is 3.86. The molecule has 0 atom stereocenters.